The molecule has 0 aliphatic heterocycles. The van der Waals surface area contributed by atoms with Gasteiger partial charge in [-0.2, -0.15) is 4.98 Å². The summed E-state index contributed by atoms with van der Waals surface area (Å²) in [7, 11) is 0. The van der Waals surface area contributed by atoms with Gasteiger partial charge in [0.2, 0.25) is 5.89 Å². The van der Waals surface area contributed by atoms with Gasteiger partial charge in [0.15, 0.2) is 5.82 Å². The van der Waals surface area contributed by atoms with Gasteiger partial charge in [0, 0.05) is 11.4 Å². The monoisotopic (exact) mass is 294 g/mol. The highest BCUT2D eigenvalue weighted by molar-refractivity contribution is 6.31. The van der Waals surface area contributed by atoms with Crippen molar-refractivity contribution in [3.63, 3.8) is 0 Å². The van der Waals surface area contributed by atoms with Crippen molar-refractivity contribution in [2.45, 2.75) is 39.2 Å². The summed E-state index contributed by atoms with van der Waals surface area (Å²) in [4.78, 5) is 4.39. The zero-order valence-electron chi connectivity index (χ0n) is 11.9. The van der Waals surface area contributed by atoms with Gasteiger partial charge in [-0.3, -0.25) is 0 Å². The van der Waals surface area contributed by atoms with E-state index in [1.54, 1.807) is 6.92 Å². The average Bonchev–Trinajstić information content (AvgIpc) is 2.79. The zero-order chi connectivity index (χ0) is 14.7. The Labute approximate surface area is 123 Å². The molecule has 0 aliphatic rings. The minimum absolute atomic E-state index is 0.150. The third kappa shape index (κ3) is 3.38. The molecule has 2 aromatic rings. The van der Waals surface area contributed by atoms with Crippen LogP contribution < -0.4 is 0 Å². The summed E-state index contributed by atoms with van der Waals surface area (Å²) >= 11 is 6.12. The minimum atomic E-state index is -0.524. The Morgan fingerprint density at radius 3 is 2.55 bits per heavy atom. The number of aliphatic hydroxyl groups is 1. The Balaban J connectivity index is 2.19. The summed E-state index contributed by atoms with van der Waals surface area (Å²) in [6.07, 6.45) is -0.00281. The highest BCUT2D eigenvalue weighted by Crippen LogP contribution is 2.27. The molecule has 20 heavy (non-hydrogen) atoms. The lowest BCUT2D eigenvalue weighted by molar-refractivity contribution is 0.120. The number of aliphatic hydroxyl groups excluding tert-OH is 1. The lowest BCUT2D eigenvalue weighted by Gasteiger charge is -2.19. The summed E-state index contributed by atoms with van der Waals surface area (Å²) in [5.41, 5.74) is 0.958. The second-order valence-corrected chi connectivity index (χ2v) is 5.73. The van der Waals surface area contributed by atoms with E-state index in [2.05, 4.69) is 10.1 Å². The van der Waals surface area contributed by atoms with Gasteiger partial charge in [0.05, 0.1) is 12.0 Å². The lowest BCUT2D eigenvalue weighted by atomic mass is 9.91. The summed E-state index contributed by atoms with van der Waals surface area (Å²) in [6.45, 7) is 5.78. The second kappa shape index (κ2) is 6.37. The summed E-state index contributed by atoms with van der Waals surface area (Å²) < 4.78 is 5.30. The highest BCUT2D eigenvalue weighted by Gasteiger charge is 2.27. The summed E-state index contributed by atoms with van der Waals surface area (Å²) in [5.74, 6) is 1.14. The Hall–Kier alpha value is -1.39. The maximum Gasteiger partial charge on any atom is 0.232 e. The fourth-order valence-electron chi connectivity index (χ4n) is 2.34. The van der Waals surface area contributed by atoms with Gasteiger partial charge < -0.3 is 9.63 Å². The predicted molar refractivity (Wildman–Crippen MR) is 77.8 cm³/mol. The van der Waals surface area contributed by atoms with Crippen LogP contribution in [0.1, 0.15) is 44.0 Å². The average molecular weight is 295 g/mol. The first kappa shape index (κ1) is 15.0. The van der Waals surface area contributed by atoms with Gasteiger partial charge in [-0.15, -0.1) is 0 Å². The molecule has 1 aromatic heterocycles. The van der Waals surface area contributed by atoms with Crippen LogP contribution in [0.5, 0.6) is 0 Å². The van der Waals surface area contributed by atoms with Crippen LogP contribution >= 0.6 is 11.6 Å². The molecule has 1 N–H and O–H groups in total. The van der Waals surface area contributed by atoms with Crippen LogP contribution in [0.25, 0.3) is 0 Å². The first-order valence-electron chi connectivity index (χ1n) is 6.73. The van der Waals surface area contributed by atoms with Crippen LogP contribution in [0.15, 0.2) is 28.8 Å². The molecule has 0 fully saturated rings. The van der Waals surface area contributed by atoms with E-state index in [4.69, 9.17) is 16.1 Å². The topological polar surface area (TPSA) is 59.2 Å². The van der Waals surface area contributed by atoms with E-state index >= 15 is 0 Å². The molecule has 0 radical (unpaired) electrons. The maximum atomic E-state index is 9.83. The van der Waals surface area contributed by atoms with E-state index in [0.29, 0.717) is 23.2 Å². The van der Waals surface area contributed by atoms with Crippen molar-refractivity contribution in [1.29, 1.82) is 0 Å². The van der Waals surface area contributed by atoms with E-state index in [1.807, 2.05) is 38.1 Å². The van der Waals surface area contributed by atoms with Gasteiger partial charge in [0.1, 0.15) is 0 Å². The van der Waals surface area contributed by atoms with Crippen molar-refractivity contribution < 1.29 is 9.63 Å². The molecule has 4 nitrogen and oxygen atoms in total. The van der Waals surface area contributed by atoms with Crippen LogP contribution in [0.3, 0.4) is 0 Å². The molecule has 108 valence electrons. The van der Waals surface area contributed by atoms with Crippen LogP contribution in [-0.4, -0.2) is 21.4 Å². The third-order valence-electron chi connectivity index (χ3n) is 3.31. The van der Waals surface area contributed by atoms with Crippen molar-refractivity contribution in [2.75, 3.05) is 0 Å². The van der Waals surface area contributed by atoms with Gasteiger partial charge in [-0.25, -0.2) is 0 Å². The molecule has 2 atom stereocenters. The van der Waals surface area contributed by atoms with Gasteiger partial charge in [0.25, 0.3) is 0 Å². The van der Waals surface area contributed by atoms with E-state index in [1.165, 1.54) is 0 Å². The summed E-state index contributed by atoms with van der Waals surface area (Å²) in [6, 6.07) is 7.59. The maximum absolute atomic E-state index is 9.83. The Morgan fingerprint density at radius 2 is 1.95 bits per heavy atom. The number of halogens is 1. The fraction of sp³-hybridized carbons (Fsp3) is 0.467. The standard InChI is InChI=1S/C15H19ClN2O2/c1-9(2)14(10(3)19)15-17-13(18-20-15)8-11-6-4-5-7-12(11)16/h4-7,9-10,14,19H,8H2,1-3H3. The van der Waals surface area contributed by atoms with Crippen molar-refractivity contribution >= 4 is 11.6 Å². The Bertz CT molecular complexity index is 559. The van der Waals surface area contributed by atoms with Crippen LogP contribution in [0.2, 0.25) is 5.02 Å². The quantitative estimate of drug-likeness (QED) is 0.918. The third-order valence-corrected chi connectivity index (χ3v) is 3.68. The molecule has 0 saturated heterocycles. The smallest absolute Gasteiger partial charge is 0.232 e. The van der Waals surface area contributed by atoms with Crippen molar-refractivity contribution in [1.82, 2.24) is 10.1 Å². The normalized spacial score (nSPS) is 14.5. The molecule has 0 spiro atoms. The fourth-order valence-corrected chi connectivity index (χ4v) is 2.54. The highest BCUT2D eigenvalue weighted by atomic mass is 35.5. The first-order valence-corrected chi connectivity index (χ1v) is 7.10. The molecule has 1 aromatic carbocycles. The van der Waals surface area contributed by atoms with Crippen LogP contribution in [0, 0.1) is 5.92 Å². The minimum Gasteiger partial charge on any atom is -0.393 e. The molecule has 0 aliphatic carbocycles. The predicted octanol–water partition coefficient (Wildman–Crippen LogP) is 3.43. The molecule has 0 amide bonds. The molecular weight excluding hydrogens is 276 g/mol. The second-order valence-electron chi connectivity index (χ2n) is 5.33. The number of hydrogen-bond donors (Lipinski definition) is 1. The summed E-state index contributed by atoms with van der Waals surface area (Å²) in [5, 5.41) is 14.5. The number of hydrogen-bond acceptors (Lipinski definition) is 4. The molecule has 0 saturated carbocycles. The number of rotatable bonds is 5. The van der Waals surface area contributed by atoms with Crippen LogP contribution in [-0.2, 0) is 6.42 Å². The lowest BCUT2D eigenvalue weighted by Crippen LogP contribution is -2.20. The number of aromatic nitrogens is 2. The largest absolute Gasteiger partial charge is 0.393 e. The van der Waals surface area contributed by atoms with Crippen LogP contribution in [0.4, 0.5) is 0 Å². The molecule has 1 heterocycles. The van der Waals surface area contributed by atoms with Gasteiger partial charge in [-0.1, -0.05) is 48.8 Å². The number of nitrogens with zero attached hydrogens (tertiary/aromatic N) is 2. The van der Waals surface area contributed by atoms with Gasteiger partial charge in [-0.05, 0) is 24.5 Å². The van der Waals surface area contributed by atoms with Crippen molar-refractivity contribution in [2.24, 2.45) is 5.92 Å². The van der Waals surface area contributed by atoms with Crippen molar-refractivity contribution in [3.8, 4) is 0 Å². The molecule has 5 heteroatoms. The van der Waals surface area contributed by atoms with E-state index in [9.17, 15) is 5.11 Å². The first-order chi connectivity index (χ1) is 9.49. The number of benzene rings is 1. The SMILES string of the molecule is CC(C)C(c1nc(Cc2ccccc2Cl)no1)C(C)O. The molecule has 2 unspecified atom stereocenters. The molecular formula is C15H19ClN2O2. The van der Waals surface area contributed by atoms with E-state index in [0.717, 1.165) is 5.56 Å². The van der Waals surface area contributed by atoms with Crippen molar-refractivity contribution in [3.05, 3.63) is 46.6 Å². The van der Waals surface area contributed by atoms with E-state index < -0.39 is 6.10 Å². The van der Waals surface area contributed by atoms with E-state index in [-0.39, 0.29) is 11.8 Å². The van der Waals surface area contributed by atoms with Gasteiger partial charge >= 0.3 is 0 Å². The Kier molecular flexibility index (Phi) is 4.78. The molecule has 2 rings (SSSR count). The Morgan fingerprint density at radius 1 is 1.25 bits per heavy atom. The zero-order valence-corrected chi connectivity index (χ0v) is 12.6. The molecule has 0 bridgehead atoms.